The third-order valence-corrected chi connectivity index (χ3v) is 5.45. The van der Waals surface area contributed by atoms with E-state index in [0.717, 1.165) is 25.2 Å². The SMILES string of the molecule is CCC1CCCCN1c1cc(C(=O)N2CCN(C(C)=O)CC2)nc(C)n1. The predicted molar refractivity (Wildman–Crippen MR) is 100 cm³/mol. The van der Waals surface area contributed by atoms with Crippen molar-refractivity contribution in [3.8, 4) is 0 Å². The van der Waals surface area contributed by atoms with Gasteiger partial charge in [0.15, 0.2) is 0 Å². The minimum absolute atomic E-state index is 0.0629. The van der Waals surface area contributed by atoms with Crippen LogP contribution in [0.1, 0.15) is 55.8 Å². The first-order chi connectivity index (χ1) is 12.5. The predicted octanol–water partition coefficient (Wildman–Crippen LogP) is 1.86. The third kappa shape index (κ3) is 3.97. The Labute approximate surface area is 155 Å². The minimum atomic E-state index is -0.0648. The van der Waals surface area contributed by atoms with Gasteiger partial charge in [0.2, 0.25) is 5.91 Å². The van der Waals surface area contributed by atoms with Crippen LogP contribution in [0.25, 0.3) is 0 Å². The zero-order chi connectivity index (χ0) is 18.7. The Morgan fingerprint density at radius 3 is 2.42 bits per heavy atom. The quantitative estimate of drug-likeness (QED) is 0.824. The van der Waals surface area contributed by atoms with Gasteiger partial charge in [0.05, 0.1) is 0 Å². The van der Waals surface area contributed by atoms with E-state index in [4.69, 9.17) is 0 Å². The zero-order valence-corrected chi connectivity index (χ0v) is 16.1. The van der Waals surface area contributed by atoms with E-state index in [-0.39, 0.29) is 11.8 Å². The number of piperidine rings is 1. The lowest BCUT2D eigenvalue weighted by Gasteiger charge is -2.37. The molecule has 0 bridgehead atoms. The second kappa shape index (κ2) is 8.01. The standard InChI is InChI=1S/C19H29N5O2/c1-4-16-7-5-6-8-24(16)18-13-17(20-14(2)21-18)19(26)23-11-9-22(10-12-23)15(3)25/h13,16H,4-12H2,1-3H3. The Bertz CT molecular complexity index is 670. The molecule has 2 saturated heterocycles. The molecule has 2 aliphatic heterocycles. The first kappa shape index (κ1) is 18.6. The number of aromatic nitrogens is 2. The fourth-order valence-corrected chi connectivity index (χ4v) is 3.92. The number of piperazine rings is 1. The molecule has 142 valence electrons. The number of carbonyl (C=O) groups excluding carboxylic acids is 2. The lowest BCUT2D eigenvalue weighted by atomic mass is 10.00. The van der Waals surface area contributed by atoms with Crippen LogP contribution in [0.4, 0.5) is 5.82 Å². The summed E-state index contributed by atoms with van der Waals surface area (Å²) in [6.07, 6.45) is 4.68. The van der Waals surface area contributed by atoms with Crippen LogP contribution >= 0.6 is 0 Å². The Kier molecular flexibility index (Phi) is 5.74. The molecular weight excluding hydrogens is 330 g/mol. The zero-order valence-electron chi connectivity index (χ0n) is 16.1. The lowest BCUT2D eigenvalue weighted by Crippen LogP contribution is -2.50. The van der Waals surface area contributed by atoms with Crippen molar-refractivity contribution in [2.45, 2.75) is 52.5 Å². The molecule has 7 heteroatoms. The van der Waals surface area contributed by atoms with Gasteiger partial charge in [0, 0.05) is 51.8 Å². The molecule has 2 aliphatic rings. The Morgan fingerprint density at radius 1 is 1.08 bits per heavy atom. The average Bonchev–Trinajstić information content (AvgIpc) is 2.67. The number of rotatable bonds is 3. The molecule has 0 radical (unpaired) electrons. The Hall–Kier alpha value is -2.18. The second-order valence-corrected chi connectivity index (χ2v) is 7.21. The molecule has 2 fully saturated rings. The van der Waals surface area contributed by atoms with Crippen LogP contribution in [0, 0.1) is 6.92 Å². The van der Waals surface area contributed by atoms with Crippen LogP contribution in [0.2, 0.25) is 0 Å². The van der Waals surface area contributed by atoms with E-state index < -0.39 is 0 Å². The molecule has 0 N–H and O–H groups in total. The Morgan fingerprint density at radius 2 is 1.77 bits per heavy atom. The molecule has 3 heterocycles. The summed E-state index contributed by atoms with van der Waals surface area (Å²) in [5.41, 5.74) is 0.462. The summed E-state index contributed by atoms with van der Waals surface area (Å²) in [4.78, 5) is 39.3. The summed E-state index contributed by atoms with van der Waals surface area (Å²) in [5, 5.41) is 0. The van der Waals surface area contributed by atoms with Crippen LogP contribution in [0.15, 0.2) is 6.07 Å². The number of nitrogens with zero attached hydrogens (tertiary/aromatic N) is 5. The molecule has 0 aromatic carbocycles. The highest BCUT2D eigenvalue weighted by molar-refractivity contribution is 5.93. The van der Waals surface area contributed by atoms with Crippen LogP contribution in [0.3, 0.4) is 0 Å². The molecule has 1 atom stereocenters. The molecule has 1 unspecified atom stereocenters. The summed E-state index contributed by atoms with van der Waals surface area (Å²) in [5.74, 6) is 1.50. The van der Waals surface area contributed by atoms with E-state index >= 15 is 0 Å². The fourth-order valence-electron chi connectivity index (χ4n) is 3.92. The van der Waals surface area contributed by atoms with Gasteiger partial charge < -0.3 is 14.7 Å². The highest BCUT2D eigenvalue weighted by atomic mass is 16.2. The number of anilines is 1. The topological polar surface area (TPSA) is 69.6 Å². The number of hydrogen-bond acceptors (Lipinski definition) is 5. The molecule has 0 aliphatic carbocycles. The van der Waals surface area contributed by atoms with Gasteiger partial charge in [-0.2, -0.15) is 0 Å². The third-order valence-electron chi connectivity index (χ3n) is 5.45. The second-order valence-electron chi connectivity index (χ2n) is 7.21. The van der Waals surface area contributed by atoms with E-state index in [1.165, 1.54) is 12.8 Å². The van der Waals surface area contributed by atoms with E-state index in [1.807, 2.05) is 13.0 Å². The van der Waals surface area contributed by atoms with Crippen molar-refractivity contribution in [1.82, 2.24) is 19.8 Å². The van der Waals surface area contributed by atoms with Crippen LogP contribution in [-0.2, 0) is 4.79 Å². The maximum absolute atomic E-state index is 12.9. The lowest BCUT2D eigenvalue weighted by molar-refractivity contribution is -0.130. The molecule has 1 aromatic heterocycles. The van der Waals surface area contributed by atoms with Gasteiger partial charge in [0.1, 0.15) is 17.3 Å². The highest BCUT2D eigenvalue weighted by Crippen LogP contribution is 2.26. The van der Waals surface area contributed by atoms with Crippen molar-refractivity contribution < 1.29 is 9.59 Å². The van der Waals surface area contributed by atoms with Gasteiger partial charge >= 0.3 is 0 Å². The first-order valence-electron chi connectivity index (χ1n) is 9.66. The van der Waals surface area contributed by atoms with Crippen LogP contribution in [0.5, 0.6) is 0 Å². The van der Waals surface area contributed by atoms with Gasteiger partial charge in [0.25, 0.3) is 5.91 Å². The van der Waals surface area contributed by atoms with Crippen molar-refractivity contribution in [3.05, 3.63) is 17.6 Å². The van der Waals surface area contributed by atoms with E-state index in [1.54, 1.807) is 16.7 Å². The number of amides is 2. The average molecular weight is 359 g/mol. The van der Waals surface area contributed by atoms with Gasteiger partial charge in [-0.3, -0.25) is 9.59 Å². The summed E-state index contributed by atoms with van der Waals surface area (Å²) in [6, 6.07) is 2.33. The molecule has 7 nitrogen and oxygen atoms in total. The molecule has 3 rings (SSSR count). The van der Waals surface area contributed by atoms with Crippen molar-refractivity contribution >= 4 is 17.6 Å². The van der Waals surface area contributed by atoms with Gasteiger partial charge in [-0.15, -0.1) is 0 Å². The largest absolute Gasteiger partial charge is 0.354 e. The number of aryl methyl sites for hydroxylation is 1. The van der Waals surface area contributed by atoms with Crippen LogP contribution in [-0.4, -0.2) is 70.3 Å². The number of carbonyl (C=O) groups is 2. The molecular formula is C19H29N5O2. The first-order valence-corrected chi connectivity index (χ1v) is 9.66. The maximum atomic E-state index is 12.9. The van der Waals surface area contributed by atoms with Gasteiger partial charge in [-0.1, -0.05) is 6.92 Å². The van der Waals surface area contributed by atoms with Gasteiger partial charge in [-0.05, 0) is 32.6 Å². The normalized spacial score (nSPS) is 21.0. The van der Waals surface area contributed by atoms with Gasteiger partial charge in [-0.25, -0.2) is 9.97 Å². The highest BCUT2D eigenvalue weighted by Gasteiger charge is 2.27. The molecule has 2 amide bonds. The van der Waals surface area contributed by atoms with Crippen molar-refractivity contribution in [1.29, 1.82) is 0 Å². The van der Waals surface area contributed by atoms with Crippen molar-refractivity contribution in [2.75, 3.05) is 37.6 Å². The summed E-state index contributed by atoms with van der Waals surface area (Å²) < 4.78 is 0. The molecule has 0 saturated carbocycles. The van der Waals surface area contributed by atoms with E-state index in [9.17, 15) is 9.59 Å². The molecule has 26 heavy (non-hydrogen) atoms. The van der Waals surface area contributed by atoms with Crippen molar-refractivity contribution in [3.63, 3.8) is 0 Å². The summed E-state index contributed by atoms with van der Waals surface area (Å²) in [7, 11) is 0. The molecule has 1 aromatic rings. The maximum Gasteiger partial charge on any atom is 0.272 e. The van der Waals surface area contributed by atoms with E-state index in [2.05, 4.69) is 21.8 Å². The minimum Gasteiger partial charge on any atom is -0.354 e. The fraction of sp³-hybridized carbons (Fsp3) is 0.684. The van der Waals surface area contributed by atoms with E-state index in [0.29, 0.717) is 43.7 Å². The summed E-state index contributed by atoms with van der Waals surface area (Å²) >= 11 is 0. The Balaban J connectivity index is 1.77. The smallest absolute Gasteiger partial charge is 0.272 e. The van der Waals surface area contributed by atoms with Crippen molar-refractivity contribution in [2.24, 2.45) is 0 Å². The number of hydrogen-bond donors (Lipinski definition) is 0. The summed E-state index contributed by atoms with van der Waals surface area (Å²) in [6.45, 7) is 8.89. The van der Waals surface area contributed by atoms with Crippen LogP contribution < -0.4 is 4.90 Å². The molecule has 0 spiro atoms. The monoisotopic (exact) mass is 359 g/mol.